The van der Waals surface area contributed by atoms with Crippen LogP contribution in [0.2, 0.25) is 0 Å². The minimum absolute atomic E-state index is 0.295. The molecule has 27 heavy (non-hydrogen) atoms. The molecule has 1 heterocycles. The number of carboxylic acids is 1. The lowest BCUT2D eigenvalue weighted by atomic mass is 10.2. The van der Waals surface area contributed by atoms with E-state index >= 15 is 0 Å². The zero-order valence-electron chi connectivity index (χ0n) is 14.6. The molecule has 1 aromatic heterocycles. The van der Waals surface area contributed by atoms with Gasteiger partial charge in [0.25, 0.3) is 0 Å². The van der Waals surface area contributed by atoms with Gasteiger partial charge in [-0.05, 0) is 61.0 Å². The Hall–Kier alpha value is -2.93. The fourth-order valence-corrected chi connectivity index (χ4v) is 3.28. The first-order valence-electron chi connectivity index (χ1n) is 8.17. The number of thioether (sulfide) groups is 1. The van der Waals surface area contributed by atoms with Crippen LogP contribution >= 0.6 is 11.8 Å². The van der Waals surface area contributed by atoms with E-state index in [9.17, 15) is 9.18 Å². The van der Waals surface area contributed by atoms with Crippen LogP contribution in [0.25, 0.3) is 11.4 Å². The van der Waals surface area contributed by atoms with Crippen molar-refractivity contribution in [3.63, 3.8) is 0 Å². The van der Waals surface area contributed by atoms with Gasteiger partial charge in [-0.1, -0.05) is 0 Å². The van der Waals surface area contributed by atoms with Gasteiger partial charge in [0.1, 0.15) is 11.6 Å². The molecule has 0 fully saturated rings. The van der Waals surface area contributed by atoms with Crippen molar-refractivity contribution in [1.82, 2.24) is 9.97 Å². The Morgan fingerprint density at radius 1 is 1.19 bits per heavy atom. The van der Waals surface area contributed by atoms with Gasteiger partial charge >= 0.3 is 5.97 Å². The predicted octanol–water partition coefficient (Wildman–Crippen LogP) is 4.35. The second kappa shape index (κ2) is 8.64. The lowest BCUT2D eigenvalue weighted by molar-refractivity contribution is -0.139. The highest BCUT2D eigenvalue weighted by Gasteiger charge is 2.07. The summed E-state index contributed by atoms with van der Waals surface area (Å²) in [6.07, 6.45) is 1.69. The SMILES string of the molecule is Cc1cc(SCc2ccnc(-c3ccc(F)cc3)n2)ccc1OCC(=O)O. The highest BCUT2D eigenvalue weighted by atomic mass is 32.2. The van der Waals surface area contributed by atoms with E-state index in [2.05, 4.69) is 9.97 Å². The largest absolute Gasteiger partial charge is 0.482 e. The third-order valence-electron chi connectivity index (χ3n) is 3.70. The third kappa shape index (κ3) is 5.27. The number of benzene rings is 2. The van der Waals surface area contributed by atoms with Crippen LogP contribution < -0.4 is 4.74 Å². The molecule has 0 spiro atoms. The number of rotatable bonds is 7. The summed E-state index contributed by atoms with van der Waals surface area (Å²) >= 11 is 1.60. The normalized spacial score (nSPS) is 10.6. The van der Waals surface area contributed by atoms with Crippen LogP contribution in [0.5, 0.6) is 5.75 Å². The number of ether oxygens (including phenoxy) is 1. The summed E-state index contributed by atoms with van der Waals surface area (Å²) in [4.78, 5) is 20.4. The van der Waals surface area contributed by atoms with Crippen molar-refractivity contribution in [3.05, 3.63) is 71.8 Å². The van der Waals surface area contributed by atoms with E-state index in [1.165, 1.54) is 12.1 Å². The number of carboxylic acid groups (broad SMARTS) is 1. The van der Waals surface area contributed by atoms with Crippen molar-refractivity contribution in [1.29, 1.82) is 0 Å². The molecular weight excluding hydrogens is 367 g/mol. The fraction of sp³-hybridized carbons (Fsp3) is 0.150. The second-order valence-electron chi connectivity index (χ2n) is 5.78. The van der Waals surface area contributed by atoms with Crippen LogP contribution in [0.15, 0.2) is 59.6 Å². The molecule has 5 nitrogen and oxygen atoms in total. The molecule has 1 N–H and O–H groups in total. The number of carbonyl (C=O) groups is 1. The summed E-state index contributed by atoms with van der Waals surface area (Å²) in [5.41, 5.74) is 2.49. The van der Waals surface area contributed by atoms with E-state index in [-0.39, 0.29) is 12.4 Å². The van der Waals surface area contributed by atoms with Gasteiger partial charge in [-0.3, -0.25) is 0 Å². The first kappa shape index (κ1) is 18.8. The molecule has 0 saturated heterocycles. The summed E-state index contributed by atoms with van der Waals surface area (Å²) < 4.78 is 18.3. The molecule has 0 aliphatic heterocycles. The summed E-state index contributed by atoms with van der Waals surface area (Å²) in [6, 6.07) is 13.5. The van der Waals surface area contributed by atoms with Crippen LogP contribution in [-0.2, 0) is 10.5 Å². The topological polar surface area (TPSA) is 72.3 Å². The molecule has 0 atom stereocenters. The van der Waals surface area contributed by atoms with Crippen LogP contribution in [0, 0.1) is 12.7 Å². The summed E-state index contributed by atoms with van der Waals surface area (Å²) in [5, 5.41) is 8.69. The van der Waals surface area contributed by atoms with Crippen LogP contribution in [-0.4, -0.2) is 27.7 Å². The smallest absolute Gasteiger partial charge is 0.341 e. The molecule has 0 amide bonds. The molecule has 2 aromatic carbocycles. The lowest BCUT2D eigenvalue weighted by Crippen LogP contribution is -2.09. The molecule has 3 aromatic rings. The quantitative estimate of drug-likeness (QED) is 0.611. The highest BCUT2D eigenvalue weighted by molar-refractivity contribution is 7.98. The number of nitrogens with zero attached hydrogens (tertiary/aromatic N) is 2. The molecule has 0 aliphatic rings. The molecule has 0 unspecified atom stereocenters. The van der Waals surface area contributed by atoms with Gasteiger partial charge in [-0.2, -0.15) is 0 Å². The number of halogens is 1. The minimum atomic E-state index is -1.01. The fourth-order valence-electron chi connectivity index (χ4n) is 2.38. The molecule has 7 heteroatoms. The first-order chi connectivity index (χ1) is 13.0. The van der Waals surface area contributed by atoms with Gasteiger partial charge in [0, 0.05) is 22.4 Å². The molecular formula is C20H17FN2O3S. The number of aryl methyl sites for hydroxylation is 1. The van der Waals surface area contributed by atoms with Gasteiger partial charge in [-0.15, -0.1) is 11.8 Å². The van der Waals surface area contributed by atoms with E-state index in [1.54, 1.807) is 36.2 Å². The Balaban J connectivity index is 1.66. The van der Waals surface area contributed by atoms with E-state index < -0.39 is 5.97 Å². The average Bonchev–Trinajstić information content (AvgIpc) is 2.66. The second-order valence-corrected chi connectivity index (χ2v) is 6.83. The lowest BCUT2D eigenvalue weighted by Gasteiger charge is -2.09. The maximum absolute atomic E-state index is 13.1. The van der Waals surface area contributed by atoms with Gasteiger partial charge in [0.15, 0.2) is 12.4 Å². The molecule has 0 saturated carbocycles. The number of hydrogen-bond donors (Lipinski definition) is 1. The number of aliphatic carboxylic acids is 1. The van der Waals surface area contributed by atoms with Gasteiger partial charge in [-0.25, -0.2) is 19.2 Å². The monoisotopic (exact) mass is 384 g/mol. The molecule has 0 aliphatic carbocycles. The van der Waals surface area contributed by atoms with E-state index in [1.807, 2.05) is 25.1 Å². The van der Waals surface area contributed by atoms with E-state index in [0.29, 0.717) is 17.3 Å². The highest BCUT2D eigenvalue weighted by Crippen LogP contribution is 2.28. The molecule has 138 valence electrons. The van der Waals surface area contributed by atoms with Crippen molar-refractivity contribution in [2.24, 2.45) is 0 Å². The number of hydrogen-bond acceptors (Lipinski definition) is 5. The van der Waals surface area contributed by atoms with Gasteiger partial charge < -0.3 is 9.84 Å². The van der Waals surface area contributed by atoms with Crippen molar-refractivity contribution in [3.8, 4) is 17.1 Å². The maximum atomic E-state index is 13.1. The Kier molecular flexibility index (Phi) is 6.03. The van der Waals surface area contributed by atoms with Gasteiger partial charge in [0.05, 0.1) is 5.69 Å². The van der Waals surface area contributed by atoms with Gasteiger partial charge in [0.2, 0.25) is 0 Å². The predicted molar refractivity (Wildman–Crippen MR) is 101 cm³/mol. The molecule has 0 bridgehead atoms. The van der Waals surface area contributed by atoms with Crippen molar-refractivity contribution < 1.29 is 19.0 Å². The summed E-state index contributed by atoms with van der Waals surface area (Å²) in [6.45, 7) is 1.51. The Morgan fingerprint density at radius 3 is 2.67 bits per heavy atom. The summed E-state index contributed by atoms with van der Waals surface area (Å²) in [7, 11) is 0. The van der Waals surface area contributed by atoms with Crippen LogP contribution in [0.4, 0.5) is 4.39 Å². The first-order valence-corrected chi connectivity index (χ1v) is 9.16. The van der Waals surface area contributed by atoms with Crippen LogP contribution in [0.3, 0.4) is 0 Å². The standard InChI is InChI=1S/C20H17FN2O3S/c1-13-10-17(6-7-18(13)26-11-19(24)25)27-12-16-8-9-22-20(23-16)14-2-4-15(21)5-3-14/h2-10H,11-12H2,1H3,(H,24,25). The van der Waals surface area contributed by atoms with E-state index in [4.69, 9.17) is 9.84 Å². The van der Waals surface area contributed by atoms with E-state index in [0.717, 1.165) is 21.7 Å². The summed E-state index contributed by atoms with van der Waals surface area (Å²) in [5.74, 6) is 0.458. The zero-order chi connectivity index (χ0) is 19.2. The van der Waals surface area contributed by atoms with Crippen LogP contribution in [0.1, 0.15) is 11.3 Å². The Labute approximate surface area is 160 Å². The minimum Gasteiger partial charge on any atom is -0.482 e. The Morgan fingerprint density at radius 2 is 1.96 bits per heavy atom. The third-order valence-corrected chi connectivity index (χ3v) is 4.73. The van der Waals surface area contributed by atoms with Crippen molar-refractivity contribution in [2.45, 2.75) is 17.6 Å². The average molecular weight is 384 g/mol. The molecule has 3 rings (SSSR count). The zero-order valence-corrected chi connectivity index (χ0v) is 15.4. The molecule has 0 radical (unpaired) electrons. The maximum Gasteiger partial charge on any atom is 0.341 e. The van der Waals surface area contributed by atoms with Crippen molar-refractivity contribution >= 4 is 17.7 Å². The van der Waals surface area contributed by atoms with Crippen molar-refractivity contribution in [2.75, 3.05) is 6.61 Å². The Bertz CT molecular complexity index is 948. The number of aromatic nitrogens is 2.